The Balaban J connectivity index is 0.00000361. The first kappa shape index (κ1) is 19.9. The van der Waals surface area contributed by atoms with E-state index in [9.17, 15) is 0 Å². The van der Waals surface area contributed by atoms with Gasteiger partial charge in [0.25, 0.3) is 0 Å². The van der Waals surface area contributed by atoms with Gasteiger partial charge in [0, 0.05) is 6.15 Å². The number of rotatable bonds is 10. The summed E-state index contributed by atoms with van der Waals surface area (Å²) in [4.78, 5) is 4.80. The van der Waals surface area contributed by atoms with Crippen molar-refractivity contribution in [1.29, 1.82) is 0 Å². The smallest absolute Gasteiger partial charge is 0 e. The Kier molecular flexibility index (Phi) is 11.5. The van der Waals surface area contributed by atoms with Gasteiger partial charge in [-0.25, -0.2) is 0 Å². The van der Waals surface area contributed by atoms with Gasteiger partial charge in [0.05, 0.1) is 0 Å². The van der Waals surface area contributed by atoms with Crippen LogP contribution in [0.5, 0.6) is 0 Å². The molecule has 2 nitrogen and oxygen atoms in total. The topological polar surface area (TPSA) is 43.4 Å². The third-order valence-electron chi connectivity index (χ3n) is 4.23. The predicted molar refractivity (Wildman–Crippen MR) is 90.9 cm³/mol. The molecule has 3 radical (unpaired) electrons. The van der Waals surface area contributed by atoms with Crippen molar-refractivity contribution in [2.75, 3.05) is 0 Å². The minimum atomic E-state index is -2.21. The molecule has 0 atom stereocenters. The van der Waals surface area contributed by atoms with Gasteiger partial charge in [-0.1, -0.05) is 0 Å². The maximum atomic E-state index is 4.80. The molecule has 0 saturated heterocycles. The molecular weight excluding hydrogens is 351 g/mol. The van der Waals surface area contributed by atoms with Crippen molar-refractivity contribution in [3.8, 4) is 0 Å². The van der Waals surface area contributed by atoms with E-state index in [1.165, 1.54) is 51.8 Å². The zero-order valence-electron chi connectivity index (χ0n) is 13.6. The maximum Gasteiger partial charge on any atom is 0 e. The van der Waals surface area contributed by atoms with E-state index in [4.69, 9.17) is 4.98 Å². The molecule has 0 amide bonds. The number of unbranched alkanes of at least 4 members (excludes halogenated alkanes) is 3. The van der Waals surface area contributed by atoms with Crippen molar-refractivity contribution in [2.45, 2.75) is 72.6 Å². The first-order valence-electron chi connectivity index (χ1n) is 8.20. The number of hydrogen-bond donors (Lipinski definition) is 0. The minimum absolute atomic E-state index is 0. The molecule has 0 saturated carbocycles. The average molecular weight is 382 g/mol. The number of aromatic nitrogens is 1. The first-order chi connectivity index (χ1) is 9.29. The Hall–Kier alpha value is -0.0913. The summed E-state index contributed by atoms with van der Waals surface area (Å²) >= 11 is -2.21. The van der Waals surface area contributed by atoms with Crippen LogP contribution in [0.3, 0.4) is 0 Å². The van der Waals surface area contributed by atoms with Crippen molar-refractivity contribution >= 4 is 22.1 Å². The molecule has 1 aromatic heterocycles. The summed E-state index contributed by atoms with van der Waals surface area (Å²) in [5.74, 6) is 0. The molecule has 0 spiro atoms. The van der Waals surface area contributed by atoms with Crippen molar-refractivity contribution < 1.29 is 0 Å². The second-order valence-corrected chi connectivity index (χ2v) is 18.9. The average Bonchev–Trinajstić information content (AvgIpc) is 2.48. The van der Waals surface area contributed by atoms with Gasteiger partial charge in [-0.05, 0) is 0 Å². The second kappa shape index (κ2) is 11.6. The van der Waals surface area contributed by atoms with Crippen LogP contribution in [-0.4, -0.2) is 23.4 Å². The summed E-state index contributed by atoms with van der Waals surface area (Å²) in [5, 5.41) is 0. The van der Waals surface area contributed by atoms with Crippen LogP contribution < -0.4 is 9.86 Å². The summed E-state index contributed by atoms with van der Waals surface area (Å²) < 4.78 is 6.10. The van der Waals surface area contributed by atoms with Gasteiger partial charge < -0.3 is 0 Å². The molecule has 20 heavy (non-hydrogen) atoms. The van der Waals surface area contributed by atoms with Crippen LogP contribution in [0.1, 0.15) is 59.3 Å². The fraction of sp³-hybridized carbons (Fsp3) is 0.706. The standard InChI is InChI=1S/C5H4N.3C4H9.N.Sn/c1-2-4-6-5-3-1;3*1-3-4-2;;/h1-4H;3*1,3-4H2,2H3;;. The van der Waals surface area contributed by atoms with Crippen molar-refractivity contribution in [1.82, 2.24) is 11.1 Å². The van der Waals surface area contributed by atoms with Crippen LogP contribution in [0.4, 0.5) is 0 Å². The summed E-state index contributed by atoms with van der Waals surface area (Å²) in [6, 6.07) is 6.62. The van der Waals surface area contributed by atoms with E-state index in [-0.39, 0.29) is 6.15 Å². The summed E-state index contributed by atoms with van der Waals surface area (Å²) in [6.07, 6.45) is 10.3. The summed E-state index contributed by atoms with van der Waals surface area (Å²) in [5.41, 5.74) is 0. The van der Waals surface area contributed by atoms with E-state index < -0.39 is 18.4 Å². The largest absolute Gasteiger partial charge is 0 e. The molecule has 0 N–H and O–H groups in total. The van der Waals surface area contributed by atoms with E-state index >= 15 is 0 Å². The Morgan fingerprint density at radius 3 is 1.70 bits per heavy atom. The van der Waals surface area contributed by atoms with Gasteiger partial charge in [-0.15, -0.1) is 0 Å². The van der Waals surface area contributed by atoms with Crippen molar-refractivity contribution in [3.63, 3.8) is 0 Å². The molecule has 113 valence electrons. The monoisotopic (exact) mass is 383 g/mol. The zero-order valence-corrected chi connectivity index (χ0v) is 16.4. The zero-order chi connectivity index (χ0) is 14.0. The summed E-state index contributed by atoms with van der Waals surface area (Å²) in [6.45, 7) is 6.98. The van der Waals surface area contributed by atoms with Gasteiger partial charge in [0.15, 0.2) is 0 Å². The molecule has 3 heteroatoms. The first-order valence-corrected chi connectivity index (χ1v) is 15.7. The minimum Gasteiger partial charge on any atom is 0 e. The van der Waals surface area contributed by atoms with Crippen LogP contribution >= 0.6 is 0 Å². The quantitative estimate of drug-likeness (QED) is 0.543. The van der Waals surface area contributed by atoms with Gasteiger partial charge in [0.1, 0.15) is 0 Å². The number of pyridine rings is 1. The third kappa shape index (κ3) is 6.13. The summed E-state index contributed by atoms with van der Waals surface area (Å²) in [7, 11) is 0. The molecule has 1 rings (SSSR count). The Labute approximate surface area is 130 Å². The fourth-order valence-electron chi connectivity index (χ4n) is 2.98. The number of nitrogens with zero attached hydrogens (tertiary/aromatic N) is 2. The molecular formula is C17H31N2Sn. The van der Waals surface area contributed by atoms with E-state index in [0.717, 1.165) is 0 Å². The normalized spacial score (nSPS) is 11.2. The second-order valence-electron chi connectivity index (χ2n) is 5.81. The molecule has 0 unspecified atom stereocenters. The Morgan fingerprint density at radius 2 is 1.35 bits per heavy atom. The Morgan fingerprint density at radius 1 is 0.850 bits per heavy atom. The van der Waals surface area contributed by atoms with Crippen LogP contribution in [0, 0.1) is 0 Å². The Bertz CT molecular complexity index is 305. The van der Waals surface area contributed by atoms with Crippen LogP contribution in [-0.2, 0) is 0 Å². The van der Waals surface area contributed by atoms with Gasteiger partial charge >= 0.3 is 124 Å². The molecule has 0 bridgehead atoms. The van der Waals surface area contributed by atoms with Crippen molar-refractivity contribution in [2.24, 2.45) is 0 Å². The molecule has 0 aliphatic rings. The van der Waals surface area contributed by atoms with Gasteiger partial charge in [-0.3, -0.25) is 0 Å². The third-order valence-corrected chi connectivity index (χ3v) is 19.4. The van der Waals surface area contributed by atoms with Crippen LogP contribution in [0.2, 0.25) is 13.3 Å². The molecule has 0 aliphatic heterocycles. The van der Waals surface area contributed by atoms with Crippen LogP contribution in [0.25, 0.3) is 0 Å². The SMILES string of the molecule is CCC[CH2][Sn]([CH2]CCC)([CH2]CCC)[c]1ccccn1.[N]. The fourth-order valence-corrected chi connectivity index (χ4v) is 18.4. The molecule has 1 aromatic rings. The molecule has 1 heterocycles. The van der Waals surface area contributed by atoms with Gasteiger partial charge in [-0.2, -0.15) is 0 Å². The van der Waals surface area contributed by atoms with E-state index in [1.54, 1.807) is 3.71 Å². The maximum absolute atomic E-state index is 4.80. The number of hydrogen-bond acceptors (Lipinski definition) is 1. The van der Waals surface area contributed by atoms with E-state index in [2.05, 4.69) is 39.0 Å². The van der Waals surface area contributed by atoms with E-state index in [0.29, 0.717) is 0 Å². The molecule has 0 aliphatic carbocycles. The molecule has 0 aromatic carbocycles. The predicted octanol–water partition coefficient (Wildman–Crippen LogP) is 4.66. The van der Waals surface area contributed by atoms with Crippen molar-refractivity contribution in [3.05, 3.63) is 24.4 Å². The van der Waals surface area contributed by atoms with Gasteiger partial charge in [0.2, 0.25) is 0 Å². The van der Waals surface area contributed by atoms with E-state index in [1.807, 2.05) is 6.20 Å². The van der Waals surface area contributed by atoms with Crippen LogP contribution in [0.15, 0.2) is 24.4 Å². The molecule has 0 fully saturated rings.